The van der Waals surface area contributed by atoms with E-state index in [1.807, 2.05) is 18.2 Å². The first-order chi connectivity index (χ1) is 22.6. The smallest absolute Gasteiger partial charge is 0.303 e. The van der Waals surface area contributed by atoms with E-state index in [1.165, 1.54) is 50.9 Å². The van der Waals surface area contributed by atoms with Crippen LogP contribution >= 0.6 is 13.5 Å². The Balaban J connectivity index is 0.00000364. The van der Waals surface area contributed by atoms with E-state index in [0.29, 0.717) is 18.5 Å². The predicted molar refractivity (Wildman–Crippen MR) is 191 cm³/mol. The molecule has 2 aromatic carbocycles. The van der Waals surface area contributed by atoms with Crippen LogP contribution in [-0.2, 0) is 21.5 Å². The van der Waals surface area contributed by atoms with Crippen LogP contribution in [0.2, 0.25) is 0 Å². The number of fused-ring (bicyclic) bond motifs is 8. The van der Waals surface area contributed by atoms with E-state index >= 15 is 0 Å². The van der Waals surface area contributed by atoms with Gasteiger partial charge in [0.05, 0.1) is 18.2 Å². The predicted octanol–water partition coefficient (Wildman–Crippen LogP) is 4.81. The summed E-state index contributed by atoms with van der Waals surface area (Å²) in [4.78, 5) is 32.8. The highest BCUT2D eigenvalue weighted by Gasteiger charge is 2.64. The van der Waals surface area contributed by atoms with E-state index in [1.54, 1.807) is 13.2 Å². The molecule has 1 N–H and O–H groups in total. The minimum atomic E-state index is -3.96. The van der Waals surface area contributed by atoms with Gasteiger partial charge in [-0.3, -0.25) is 14.5 Å². The van der Waals surface area contributed by atoms with Crippen molar-refractivity contribution < 1.29 is 22.7 Å². The Kier molecular flexibility index (Phi) is 8.61. The molecule has 12 heteroatoms. The third kappa shape index (κ3) is 5.34. The van der Waals surface area contributed by atoms with Crippen molar-refractivity contribution in [1.29, 1.82) is 0 Å². The number of ether oxygens (including phenoxy) is 1. The lowest BCUT2D eigenvalue weighted by atomic mass is 9.81. The summed E-state index contributed by atoms with van der Waals surface area (Å²) in [7, 11) is 0.517. The Morgan fingerprint density at radius 2 is 1.77 bits per heavy atom. The van der Waals surface area contributed by atoms with E-state index in [0.717, 1.165) is 84.1 Å². The summed E-state index contributed by atoms with van der Waals surface area (Å²) in [6.07, 6.45) is 8.89. The summed E-state index contributed by atoms with van der Waals surface area (Å²) in [6.45, 7) is 4.13. The number of benzene rings is 2. The first-order valence-electron chi connectivity index (χ1n) is 17.2. The number of carbonyl (C=O) groups excluding carboxylic acids is 2. The number of nitrogens with one attached hydrogen (secondary N) is 1. The normalized spacial score (nSPS) is 25.4. The van der Waals surface area contributed by atoms with Gasteiger partial charge >= 0.3 is 10.2 Å². The average molecular weight is 694 g/mol. The molecule has 3 aliphatic heterocycles. The van der Waals surface area contributed by atoms with Gasteiger partial charge in [-0.15, -0.1) is 0 Å². The lowest BCUT2D eigenvalue weighted by Gasteiger charge is -2.39. The maximum Gasteiger partial charge on any atom is 0.303 e. The minimum absolute atomic E-state index is 0. The molecule has 258 valence electrons. The highest BCUT2D eigenvalue weighted by atomic mass is 32.2. The van der Waals surface area contributed by atoms with Gasteiger partial charge in [-0.1, -0.05) is 25.3 Å². The first-order valence-corrected chi connectivity index (χ1v) is 18.7. The van der Waals surface area contributed by atoms with Crippen molar-refractivity contribution in [2.45, 2.75) is 75.8 Å². The molecule has 2 saturated carbocycles. The van der Waals surface area contributed by atoms with Crippen molar-refractivity contribution in [1.82, 2.24) is 23.4 Å². The van der Waals surface area contributed by atoms with Crippen LogP contribution in [0.3, 0.4) is 0 Å². The number of hydrogen-bond acceptors (Lipinski definition) is 6. The van der Waals surface area contributed by atoms with E-state index < -0.39 is 21.5 Å². The SMILES string of the molecule is COc1ccc2c(c1)[C@@H]1C[C@]1(C(=O)N1CCN3CCC[C@H]3C1)Cn1c-2c(C2CCCCC2)c2ccc(C(=O)NS(=O)(=O)N(C)C)cc21.S. The summed E-state index contributed by atoms with van der Waals surface area (Å²) < 4.78 is 36.4. The van der Waals surface area contributed by atoms with E-state index in [4.69, 9.17) is 4.74 Å². The third-order valence-corrected chi connectivity index (χ3v) is 13.2. The van der Waals surface area contributed by atoms with Crippen LogP contribution < -0.4 is 9.46 Å². The molecule has 3 aromatic rings. The fraction of sp³-hybridized carbons (Fsp3) is 0.556. The minimum Gasteiger partial charge on any atom is -0.497 e. The Morgan fingerprint density at radius 1 is 0.979 bits per heavy atom. The molecule has 48 heavy (non-hydrogen) atoms. The number of aromatic nitrogens is 1. The molecule has 4 heterocycles. The number of carbonyl (C=O) groups is 2. The molecular weight excluding hydrogens is 647 g/mol. The number of nitrogens with zero attached hydrogens (tertiary/aromatic N) is 4. The molecule has 2 saturated heterocycles. The van der Waals surface area contributed by atoms with E-state index in [2.05, 4.69) is 31.2 Å². The molecular formula is C36H47N5O5S2. The van der Waals surface area contributed by atoms with Crippen molar-refractivity contribution in [2.24, 2.45) is 5.41 Å². The summed E-state index contributed by atoms with van der Waals surface area (Å²) in [5.74, 6) is 0.804. The lowest BCUT2D eigenvalue weighted by Crippen LogP contribution is -2.54. The molecule has 5 aliphatic rings. The van der Waals surface area contributed by atoms with Gasteiger partial charge in [-0.25, -0.2) is 4.72 Å². The monoisotopic (exact) mass is 693 g/mol. The number of methoxy groups -OCH3 is 1. The van der Waals surface area contributed by atoms with Gasteiger partial charge in [0.15, 0.2) is 0 Å². The topological polar surface area (TPSA) is 104 Å². The van der Waals surface area contributed by atoms with Gasteiger partial charge < -0.3 is 14.2 Å². The maximum atomic E-state index is 14.8. The fourth-order valence-corrected chi connectivity index (χ4v) is 9.71. The largest absolute Gasteiger partial charge is 0.497 e. The molecule has 0 spiro atoms. The highest BCUT2D eigenvalue weighted by Crippen LogP contribution is 2.66. The summed E-state index contributed by atoms with van der Waals surface area (Å²) in [5, 5.41) is 1.09. The van der Waals surface area contributed by atoms with Gasteiger partial charge in [-0.05, 0) is 86.0 Å². The Morgan fingerprint density at radius 3 is 2.52 bits per heavy atom. The third-order valence-electron chi connectivity index (χ3n) is 11.8. The van der Waals surface area contributed by atoms with Gasteiger partial charge in [0.25, 0.3) is 5.91 Å². The second-order valence-electron chi connectivity index (χ2n) is 14.6. The van der Waals surface area contributed by atoms with Crippen LogP contribution in [0.1, 0.15) is 84.7 Å². The second kappa shape index (κ2) is 12.4. The Labute approximate surface area is 290 Å². The van der Waals surface area contributed by atoms with Crippen LogP contribution in [-0.4, -0.2) is 92.3 Å². The highest BCUT2D eigenvalue weighted by molar-refractivity contribution is 7.87. The maximum absolute atomic E-state index is 14.8. The second-order valence-corrected chi connectivity index (χ2v) is 16.5. The molecule has 3 atom stereocenters. The summed E-state index contributed by atoms with van der Waals surface area (Å²) in [6, 6.07) is 12.4. The Hall–Kier alpha value is -3.06. The molecule has 10 nitrogen and oxygen atoms in total. The zero-order valence-corrected chi connectivity index (χ0v) is 29.9. The zero-order valence-electron chi connectivity index (χ0n) is 28.1. The van der Waals surface area contributed by atoms with Crippen molar-refractivity contribution in [3.63, 3.8) is 0 Å². The van der Waals surface area contributed by atoms with Crippen molar-refractivity contribution in [3.8, 4) is 17.0 Å². The standard InChI is InChI=1S/C36H45N5O5S.H2S/c1-38(2)47(44,45)37-34(42)24-11-13-28-31(18-24)41-22-36(35(43)40-17-16-39-15-7-10-25(39)21-40)20-30(36)29-19-26(46-3)12-14-27(29)33(41)32(28)23-8-5-4-6-9-23;/h11-14,18-19,23,25,30H,4-10,15-17,20-22H2,1-3H3,(H,37,42);1H2/t25-,30-,36-;/m0./s1. The van der Waals surface area contributed by atoms with E-state index in [9.17, 15) is 18.0 Å². The molecule has 2 amide bonds. The van der Waals surface area contributed by atoms with Gasteiger partial charge in [0.2, 0.25) is 5.91 Å². The molecule has 4 fully saturated rings. The van der Waals surface area contributed by atoms with Gasteiger partial charge in [0.1, 0.15) is 5.75 Å². The van der Waals surface area contributed by atoms with Crippen LogP contribution in [0.4, 0.5) is 0 Å². The molecule has 0 radical (unpaired) electrons. The first kappa shape index (κ1) is 33.4. The van der Waals surface area contributed by atoms with Crippen LogP contribution in [0.25, 0.3) is 22.2 Å². The molecule has 8 rings (SSSR count). The number of hydrogen-bond donors (Lipinski definition) is 1. The van der Waals surface area contributed by atoms with Crippen molar-refractivity contribution in [2.75, 3.05) is 47.4 Å². The summed E-state index contributed by atoms with van der Waals surface area (Å²) in [5.41, 5.74) is 5.33. The molecule has 2 aliphatic carbocycles. The zero-order chi connectivity index (χ0) is 32.7. The number of piperazine rings is 1. The van der Waals surface area contributed by atoms with Crippen LogP contribution in [0, 0.1) is 5.41 Å². The van der Waals surface area contributed by atoms with Crippen molar-refractivity contribution in [3.05, 3.63) is 53.1 Å². The van der Waals surface area contributed by atoms with Crippen LogP contribution in [0.5, 0.6) is 5.75 Å². The molecule has 0 unspecified atom stereocenters. The van der Waals surface area contributed by atoms with E-state index in [-0.39, 0.29) is 30.9 Å². The van der Waals surface area contributed by atoms with Gasteiger partial charge in [-0.2, -0.15) is 26.2 Å². The fourth-order valence-electron chi connectivity index (χ4n) is 9.18. The lowest BCUT2D eigenvalue weighted by molar-refractivity contribution is -0.140. The summed E-state index contributed by atoms with van der Waals surface area (Å²) >= 11 is 0. The van der Waals surface area contributed by atoms with Crippen LogP contribution in [0.15, 0.2) is 36.4 Å². The van der Waals surface area contributed by atoms with Gasteiger partial charge in [0, 0.05) is 74.3 Å². The molecule has 1 aromatic heterocycles. The number of amides is 2. The number of rotatable bonds is 6. The van der Waals surface area contributed by atoms with Crippen molar-refractivity contribution >= 4 is 46.4 Å². The average Bonchev–Trinajstić information content (AvgIpc) is 3.49. The Bertz CT molecular complexity index is 1880. The quantitative estimate of drug-likeness (QED) is 0.398. The molecule has 0 bridgehead atoms.